The molecular formula is C16H22ClF3N2O3S. The highest BCUT2D eigenvalue weighted by Gasteiger charge is 2.48. The van der Waals surface area contributed by atoms with E-state index in [0.29, 0.717) is 18.7 Å². The SMILES string of the molecule is CC(NC(=O)C1(S(C)(=O)=O)CCNCC1)c1ccc(C(F)(F)F)cc1.Cl. The molecular weight excluding hydrogens is 393 g/mol. The van der Waals surface area contributed by atoms with Crippen LogP contribution in [0.2, 0.25) is 0 Å². The van der Waals surface area contributed by atoms with E-state index >= 15 is 0 Å². The van der Waals surface area contributed by atoms with Gasteiger partial charge in [0.05, 0.1) is 11.6 Å². The van der Waals surface area contributed by atoms with E-state index in [1.807, 2.05) is 0 Å². The lowest BCUT2D eigenvalue weighted by Crippen LogP contribution is -2.57. The van der Waals surface area contributed by atoms with Gasteiger partial charge in [0.2, 0.25) is 5.91 Å². The molecule has 1 fully saturated rings. The summed E-state index contributed by atoms with van der Waals surface area (Å²) in [5.41, 5.74) is -0.306. The number of piperidine rings is 1. The van der Waals surface area contributed by atoms with Crippen LogP contribution < -0.4 is 10.6 Å². The summed E-state index contributed by atoms with van der Waals surface area (Å²) in [6, 6.07) is 3.83. The molecule has 148 valence electrons. The minimum Gasteiger partial charge on any atom is -0.348 e. The summed E-state index contributed by atoms with van der Waals surface area (Å²) in [7, 11) is -3.64. The Kier molecular flexibility index (Phi) is 7.11. The molecule has 1 unspecified atom stereocenters. The van der Waals surface area contributed by atoms with Crippen LogP contribution in [-0.4, -0.2) is 38.4 Å². The Bertz CT molecular complexity index is 730. The molecule has 1 aromatic rings. The maximum Gasteiger partial charge on any atom is 0.416 e. The van der Waals surface area contributed by atoms with Crippen LogP contribution in [0.15, 0.2) is 24.3 Å². The molecule has 1 aliphatic rings. The quantitative estimate of drug-likeness (QED) is 0.793. The third-order valence-corrected chi connectivity index (χ3v) is 6.63. The first kappa shape index (κ1) is 22.7. The first-order valence-electron chi connectivity index (χ1n) is 7.86. The van der Waals surface area contributed by atoms with Crippen molar-refractivity contribution in [2.45, 2.75) is 36.7 Å². The molecule has 1 aromatic carbocycles. The first-order chi connectivity index (χ1) is 11.5. The Hall–Kier alpha value is -1.32. The zero-order valence-electron chi connectivity index (χ0n) is 14.4. The van der Waals surface area contributed by atoms with E-state index in [4.69, 9.17) is 0 Å². The average Bonchev–Trinajstić information content (AvgIpc) is 2.53. The maximum absolute atomic E-state index is 12.7. The summed E-state index contributed by atoms with van der Waals surface area (Å²) in [6.07, 6.45) is -3.06. The van der Waals surface area contributed by atoms with Crippen LogP contribution in [0.5, 0.6) is 0 Å². The molecule has 10 heteroatoms. The molecule has 5 nitrogen and oxygen atoms in total. The third-order valence-electron chi connectivity index (χ3n) is 4.62. The zero-order chi connectivity index (χ0) is 18.9. The van der Waals surface area contributed by atoms with Crippen LogP contribution in [0.1, 0.15) is 36.9 Å². The zero-order valence-corrected chi connectivity index (χ0v) is 16.0. The molecule has 2 rings (SSSR count). The monoisotopic (exact) mass is 414 g/mol. The lowest BCUT2D eigenvalue weighted by Gasteiger charge is -2.35. The van der Waals surface area contributed by atoms with E-state index in [2.05, 4.69) is 10.6 Å². The second-order valence-corrected chi connectivity index (χ2v) is 8.66. The van der Waals surface area contributed by atoms with Crippen molar-refractivity contribution in [3.8, 4) is 0 Å². The van der Waals surface area contributed by atoms with E-state index in [9.17, 15) is 26.4 Å². The molecule has 26 heavy (non-hydrogen) atoms. The topological polar surface area (TPSA) is 75.3 Å². The van der Waals surface area contributed by atoms with Crippen molar-refractivity contribution in [1.82, 2.24) is 10.6 Å². The maximum atomic E-state index is 12.7. The standard InChI is InChI=1S/C16H21F3N2O3S.ClH/c1-11(12-3-5-13(6-4-12)16(17,18)19)21-14(22)15(25(2,23)24)7-9-20-10-8-15;/h3-6,11,20H,7-10H2,1-2H3,(H,21,22);1H. The molecule has 2 N–H and O–H groups in total. The normalized spacial score (nSPS) is 18.5. The summed E-state index contributed by atoms with van der Waals surface area (Å²) in [4.78, 5) is 12.7. The van der Waals surface area contributed by atoms with Crippen molar-refractivity contribution in [2.24, 2.45) is 0 Å². The Morgan fingerprint density at radius 3 is 2.12 bits per heavy atom. The van der Waals surface area contributed by atoms with Crippen molar-refractivity contribution in [1.29, 1.82) is 0 Å². The molecule has 1 amide bonds. The van der Waals surface area contributed by atoms with Crippen molar-refractivity contribution in [3.63, 3.8) is 0 Å². The highest BCUT2D eigenvalue weighted by molar-refractivity contribution is 7.92. The van der Waals surface area contributed by atoms with Crippen LogP contribution >= 0.6 is 12.4 Å². The van der Waals surface area contributed by atoms with Gasteiger partial charge in [0.1, 0.15) is 0 Å². The van der Waals surface area contributed by atoms with Gasteiger partial charge in [0, 0.05) is 6.26 Å². The smallest absolute Gasteiger partial charge is 0.348 e. The number of benzene rings is 1. The number of sulfone groups is 1. The fourth-order valence-corrected chi connectivity index (χ4v) is 4.31. The predicted molar refractivity (Wildman–Crippen MR) is 94.9 cm³/mol. The second-order valence-electron chi connectivity index (χ2n) is 6.33. The number of carbonyl (C=O) groups is 1. The Morgan fingerprint density at radius 2 is 1.69 bits per heavy atom. The van der Waals surface area contributed by atoms with E-state index in [-0.39, 0.29) is 25.2 Å². The summed E-state index contributed by atoms with van der Waals surface area (Å²) in [6.45, 7) is 2.43. The third kappa shape index (κ3) is 4.69. The largest absolute Gasteiger partial charge is 0.416 e. The summed E-state index contributed by atoms with van der Waals surface area (Å²) >= 11 is 0. The fraction of sp³-hybridized carbons (Fsp3) is 0.562. The molecule has 1 saturated heterocycles. The van der Waals surface area contributed by atoms with Gasteiger partial charge in [-0.15, -0.1) is 12.4 Å². The van der Waals surface area contributed by atoms with E-state index < -0.39 is 38.3 Å². The first-order valence-corrected chi connectivity index (χ1v) is 9.75. The van der Waals surface area contributed by atoms with Crippen LogP contribution in [0.3, 0.4) is 0 Å². The van der Waals surface area contributed by atoms with Crippen LogP contribution in [0.4, 0.5) is 13.2 Å². The van der Waals surface area contributed by atoms with E-state index in [1.54, 1.807) is 6.92 Å². The van der Waals surface area contributed by atoms with Gasteiger partial charge in [-0.1, -0.05) is 12.1 Å². The molecule has 0 aromatic heterocycles. The summed E-state index contributed by atoms with van der Waals surface area (Å²) < 4.78 is 60.8. The van der Waals surface area contributed by atoms with Crippen molar-refractivity contribution in [3.05, 3.63) is 35.4 Å². The fourth-order valence-electron chi connectivity index (χ4n) is 2.97. The van der Waals surface area contributed by atoms with Gasteiger partial charge in [-0.25, -0.2) is 8.42 Å². The number of carbonyl (C=O) groups excluding carboxylic acids is 1. The molecule has 0 aliphatic carbocycles. The van der Waals surface area contributed by atoms with Gasteiger partial charge in [-0.2, -0.15) is 13.2 Å². The highest BCUT2D eigenvalue weighted by Crippen LogP contribution is 2.31. The van der Waals surface area contributed by atoms with Crippen LogP contribution in [-0.2, 0) is 20.8 Å². The number of rotatable bonds is 4. The van der Waals surface area contributed by atoms with Crippen molar-refractivity contribution >= 4 is 28.2 Å². The lowest BCUT2D eigenvalue weighted by atomic mass is 9.95. The molecule has 1 aliphatic heterocycles. The van der Waals surface area contributed by atoms with Gasteiger partial charge in [-0.3, -0.25) is 4.79 Å². The molecule has 0 bridgehead atoms. The number of amides is 1. The van der Waals surface area contributed by atoms with Gasteiger partial charge < -0.3 is 10.6 Å². The van der Waals surface area contributed by atoms with Gasteiger partial charge in [-0.05, 0) is 50.6 Å². The Morgan fingerprint density at radius 1 is 1.19 bits per heavy atom. The Labute approximate surface area is 157 Å². The molecule has 0 radical (unpaired) electrons. The molecule has 1 atom stereocenters. The second kappa shape index (κ2) is 8.14. The van der Waals surface area contributed by atoms with Gasteiger partial charge >= 0.3 is 6.18 Å². The predicted octanol–water partition coefficient (Wildman–Crippen LogP) is 2.47. The molecule has 0 spiro atoms. The van der Waals surface area contributed by atoms with Crippen molar-refractivity contribution < 1.29 is 26.4 Å². The summed E-state index contributed by atoms with van der Waals surface area (Å²) in [5.74, 6) is -0.608. The van der Waals surface area contributed by atoms with Crippen LogP contribution in [0.25, 0.3) is 0 Å². The number of halogens is 4. The molecule has 1 heterocycles. The van der Waals surface area contributed by atoms with Crippen molar-refractivity contribution in [2.75, 3.05) is 19.3 Å². The summed E-state index contributed by atoms with van der Waals surface area (Å²) in [5, 5.41) is 5.67. The van der Waals surface area contributed by atoms with E-state index in [1.165, 1.54) is 12.1 Å². The number of hydrogen-bond donors (Lipinski definition) is 2. The minimum absolute atomic E-state index is 0. The van der Waals surface area contributed by atoms with Gasteiger partial charge in [0.25, 0.3) is 0 Å². The van der Waals surface area contributed by atoms with Gasteiger partial charge in [0.15, 0.2) is 14.6 Å². The lowest BCUT2D eigenvalue weighted by molar-refractivity contribution is -0.137. The van der Waals surface area contributed by atoms with E-state index in [0.717, 1.165) is 18.4 Å². The highest BCUT2D eigenvalue weighted by atomic mass is 35.5. The number of hydrogen-bond acceptors (Lipinski definition) is 4. The molecule has 0 saturated carbocycles. The number of alkyl halides is 3. The average molecular weight is 415 g/mol. The minimum atomic E-state index is -4.43. The number of nitrogens with one attached hydrogen (secondary N) is 2. The van der Waals surface area contributed by atoms with Crippen LogP contribution in [0, 0.1) is 0 Å². The Balaban J connectivity index is 0.00000338.